The number of ether oxygens (including phenoxy) is 3. The molecule has 0 saturated heterocycles. The van der Waals surface area contributed by atoms with E-state index in [0.717, 1.165) is 5.56 Å². The molecule has 0 amide bonds. The first kappa shape index (κ1) is 19.8. The Morgan fingerprint density at radius 3 is 2.26 bits per heavy atom. The maximum Gasteiger partial charge on any atom is 0.370 e. The molecule has 0 aliphatic carbocycles. The summed E-state index contributed by atoms with van der Waals surface area (Å²) < 4.78 is 38.2. The summed E-state index contributed by atoms with van der Waals surface area (Å²) >= 11 is 0. The van der Waals surface area contributed by atoms with Gasteiger partial charge in [0.15, 0.2) is 0 Å². The molecule has 8 heteroatoms. The van der Waals surface area contributed by atoms with Crippen LogP contribution >= 0.6 is 7.60 Å². The van der Waals surface area contributed by atoms with Gasteiger partial charge in [-0.1, -0.05) is 30.3 Å². The van der Waals surface area contributed by atoms with Crippen LogP contribution in [0.3, 0.4) is 0 Å². The molecule has 0 aliphatic rings. The normalized spacial score (nSPS) is 12.8. The van der Waals surface area contributed by atoms with E-state index >= 15 is 0 Å². The van der Waals surface area contributed by atoms with Gasteiger partial charge >= 0.3 is 13.6 Å². The smallest absolute Gasteiger partial charge is 0.370 e. The molecule has 1 atom stereocenters. The number of carbonyl (C=O) groups excluding carboxylic acids is 1. The second-order valence-corrected chi connectivity index (χ2v) is 6.46. The van der Waals surface area contributed by atoms with Gasteiger partial charge in [0.05, 0.1) is 13.2 Å². The van der Waals surface area contributed by atoms with Crippen molar-refractivity contribution in [3.8, 4) is 0 Å². The number of methoxy groups -OCH3 is 1. The van der Waals surface area contributed by atoms with Gasteiger partial charge in [-0.05, 0) is 19.4 Å². The summed E-state index contributed by atoms with van der Waals surface area (Å²) in [5, 5.41) is 0. The first-order valence-electron chi connectivity index (χ1n) is 7.27. The van der Waals surface area contributed by atoms with Gasteiger partial charge in [-0.2, -0.15) is 0 Å². The molecule has 1 aromatic rings. The predicted molar refractivity (Wildman–Crippen MR) is 83.8 cm³/mol. The molecule has 0 saturated carbocycles. The van der Waals surface area contributed by atoms with E-state index in [0.29, 0.717) is 0 Å². The molecule has 0 fully saturated rings. The minimum absolute atomic E-state index is 0.0325. The molecule has 0 aliphatic heterocycles. The largest absolute Gasteiger partial charge is 0.458 e. The molecule has 1 unspecified atom stereocenters. The standard InChI is InChI=1S/C15H23O7P/c1-4-21-23(17,22-5-2)15(20-12-18-3)14(16)19-11-13-9-7-6-8-10-13/h6-10,15H,4-5,11-12H2,1-3H3. The second kappa shape index (κ2) is 10.5. The molecular weight excluding hydrogens is 323 g/mol. The fourth-order valence-electron chi connectivity index (χ4n) is 1.75. The molecule has 7 nitrogen and oxygen atoms in total. The van der Waals surface area contributed by atoms with Gasteiger partial charge in [0, 0.05) is 7.11 Å². The number of benzene rings is 1. The van der Waals surface area contributed by atoms with Gasteiger partial charge in [0.2, 0.25) is 0 Å². The molecule has 0 N–H and O–H groups in total. The molecule has 23 heavy (non-hydrogen) atoms. The third kappa shape index (κ3) is 6.41. The highest BCUT2D eigenvalue weighted by molar-refractivity contribution is 7.55. The maximum absolute atomic E-state index is 12.7. The van der Waals surface area contributed by atoms with Crippen LogP contribution in [-0.4, -0.2) is 38.9 Å². The molecule has 1 aromatic carbocycles. The molecule has 0 bridgehead atoms. The Kier molecular flexibility index (Phi) is 9.06. The van der Waals surface area contributed by atoms with Gasteiger partial charge < -0.3 is 23.3 Å². The molecule has 0 radical (unpaired) electrons. The van der Waals surface area contributed by atoms with E-state index in [1.54, 1.807) is 13.8 Å². The quantitative estimate of drug-likeness (QED) is 0.346. The van der Waals surface area contributed by atoms with Crippen molar-refractivity contribution in [3.05, 3.63) is 35.9 Å². The summed E-state index contributed by atoms with van der Waals surface area (Å²) in [6.45, 7) is 3.30. The Hall–Kier alpha value is -1.24. The number of esters is 1. The Labute approximate surface area is 136 Å². The lowest BCUT2D eigenvalue weighted by molar-refractivity contribution is -0.160. The van der Waals surface area contributed by atoms with Crippen molar-refractivity contribution < 1.29 is 32.6 Å². The Morgan fingerprint density at radius 1 is 1.13 bits per heavy atom. The zero-order chi connectivity index (χ0) is 17.1. The number of hydrogen-bond donors (Lipinski definition) is 0. The molecule has 0 aromatic heterocycles. The van der Waals surface area contributed by atoms with Crippen LogP contribution in [0.2, 0.25) is 0 Å². The zero-order valence-corrected chi connectivity index (χ0v) is 14.5. The third-order valence-electron chi connectivity index (χ3n) is 2.67. The molecular formula is C15H23O7P. The van der Waals surface area contributed by atoms with Crippen LogP contribution in [0, 0.1) is 0 Å². The summed E-state index contributed by atoms with van der Waals surface area (Å²) in [7, 11) is -2.43. The van der Waals surface area contributed by atoms with E-state index in [4.69, 9.17) is 23.3 Å². The van der Waals surface area contributed by atoms with Crippen LogP contribution < -0.4 is 0 Å². The second-order valence-electron chi connectivity index (χ2n) is 4.39. The Morgan fingerprint density at radius 2 is 1.74 bits per heavy atom. The lowest BCUT2D eigenvalue weighted by atomic mass is 10.2. The number of hydrogen-bond acceptors (Lipinski definition) is 7. The van der Waals surface area contributed by atoms with Crippen LogP contribution in [-0.2, 0) is 39.2 Å². The van der Waals surface area contributed by atoms with Gasteiger partial charge in [-0.25, -0.2) is 4.79 Å². The summed E-state index contributed by atoms with van der Waals surface area (Å²) in [5.41, 5.74) is 0.800. The van der Waals surface area contributed by atoms with Crippen LogP contribution in [0.25, 0.3) is 0 Å². The summed E-state index contributed by atoms with van der Waals surface area (Å²) in [6, 6.07) is 9.13. The molecule has 0 spiro atoms. The van der Waals surface area contributed by atoms with Crippen LogP contribution in [0.1, 0.15) is 19.4 Å². The van der Waals surface area contributed by atoms with E-state index in [9.17, 15) is 9.36 Å². The van der Waals surface area contributed by atoms with Crippen LogP contribution in [0.15, 0.2) is 30.3 Å². The van der Waals surface area contributed by atoms with Crippen molar-refractivity contribution in [2.24, 2.45) is 0 Å². The molecule has 1 rings (SSSR count). The van der Waals surface area contributed by atoms with Crippen molar-refractivity contribution in [2.45, 2.75) is 26.3 Å². The zero-order valence-electron chi connectivity index (χ0n) is 13.6. The number of carbonyl (C=O) groups is 1. The third-order valence-corrected chi connectivity index (χ3v) is 4.85. The van der Waals surface area contributed by atoms with E-state index in [-0.39, 0.29) is 26.6 Å². The monoisotopic (exact) mass is 346 g/mol. The van der Waals surface area contributed by atoms with Crippen LogP contribution in [0.4, 0.5) is 0 Å². The van der Waals surface area contributed by atoms with Gasteiger partial charge in [0.1, 0.15) is 13.4 Å². The minimum Gasteiger partial charge on any atom is -0.458 e. The highest BCUT2D eigenvalue weighted by atomic mass is 31.2. The van der Waals surface area contributed by atoms with E-state index in [2.05, 4.69) is 0 Å². The van der Waals surface area contributed by atoms with Crippen molar-refractivity contribution in [2.75, 3.05) is 27.1 Å². The van der Waals surface area contributed by atoms with Gasteiger partial charge in [0.25, 0.3) is 5.85 Å². The highest BCUT2D eigenvalue weighted by Gasteiger charge is 2.43. The fourth-order valence-corrected chi connectivity index (χ4v) is 3.39. The predicted octanol–water partition coefficient (Wildman–Crippen LogP) is 2.94. The van der Waals surface area contributed by atoms with E-state index in [1.807, 2.05) is 30.3 Å². The highest BCUT2D eigenvalue weighted by Crippen LogP contribution is 2.53. The summed E-state index contributed by atoms with van der Waals surface area (Å²) in [5.74, 6) is -2.32. The fraction of sp³-hybridized carbons (Fsp3) is 0.533. The summed E-state index contributed by atoms with van der Waals surface area (Å²) in [6.07, 6.45) is 0. The lowest BCUT2D eigenvalue weighted by Gasteiger charge is -2.24. The van der Waals surface area contributed by atoms with E-state index < -0.39 is 19.4 Å². The van der Waals surface area contributed by atoms with Crippen molar-refractivity contribution >= 4 is 13.6 Å². The van der Waals surface area contributed by atoms with Crippen molar-refractivity contribution in [1.82, 2.24) is 0 Å². The van der Waals surface area contributed by atoms with Gasteiger partial charge in [-0.15, -0.1) is 0 Å². The topological polar surface area (TPSA) is 80.3 Å². The number of rotatable bonds is 11. The summed E-state index contributed by atoms with van der Waals surface area (Å²) in [4.78, 5) is 12.3. The Bertz CT molecular complexity index is 496. The lowest BCUT2D eigenvalue weighted by Crippen LogP contribution is -2.29. The first-order valence-corrected chi connectivity index (χ1v) is 8.88. The molecule has 0 heterocycles. The SMILES string of the molecule is CCOP(=O)(OCC)C(OCOC)C(=O)OCc1ccccc1. The Balaban J connectivity index is 2.81. The van der Waals surface area contributed by atoms with Crippen molar-refractivity contribution in [3.63, 3.8) is 0 Å². The van der Waals surface area contributed by atoms with Crippen LogP contribution in [0.5, 0.6) is 0 Å². The maximum atomic E-state index is 12.7. The average Bonchev–Trinajstić information content (AvgIpc) is 2.54. The van der Waals surface area contributed by atoms with Crippen molar-refractivity contribution in [1.29, 1.82) is 0 Å². The molecule has 130 valence electrons. The average molecular weight is 346 g/mol. The minimum atomic E-state index is -3.81. The first-order chi connectivity index (χ1) is 11.1. The van der Waals surface area contributed by atoms with E-state index in [1.165, 1.54) is 7.11 Å². The van der Waals surface area contributed by atoms with Gasteiger partial charge in [-0.3, -0.25) is 4.57 Å².